The second-order valence-corrected chi connectivity index (χ2v) is 10.6. The average molecular weight is 425 g/mol. The van der Waals surface area contributed by atoms with Crippen molar-refractivity contribution in [1.29, 1.82) is 0 Å². The molecule has 2 aromatic heterocycles. The van der Waals surface area contributed by atoms with Gasteiger partial charge in [-0.1, -0.05) is 25.1 Å². The van der Waals surface area contributed by atoms with Crippen LogP contribution in [0, 0.1) is 6.92 Å². The molecule has 0 radical (unpaired) electrons. The number of imidazole rings is 1. The summed E-state index contributed by atoms with van der Waals surface area (Å²) in [6.07, 6.45) is 2.13. The molecule has 0 aliphatic carbocycles. The number of sulfonamides is 1. The number of thiazole rings is 1. The van der Waals surface area contributed by atoms with Crippen LogP contribution in [0.1, 0.15) is 30.5 Å². The summed E-state index contributed by atoms with van der Waals surface area (Å²) in [6.45, 7) is 5.03. The van der Waals surface area contributed by atoms with Crippen molar-refractivity contribution in [3.8, 4) is 0 Å². The molecule has 9 heteroatoms. The van der Waals surface area contributed by atoms with Gasteiger partial charge in [-0.3, -0.25) is 0 Å². The van der Waals surface area contributed by atoms with Gasteiger partial charge < -0.3 is 4.57 Å². The zero-order valence-corrected chi connectivity index (χ0v) is 18.4. The van der Waals surface area contributed by atoms with Gasteiger partial charge in [-0.25, -0.2) is 22.7 Å². The first-order valence-corrected chi connectivity index (χ1v) is 12.1. The van der Waals surface area contributed by atoms with E-state index in [1.54, 1.807) is 35.2 Å². The van der Waals surface area contributed by atoms with Crippen LogP contribution in [0.25, 0.3) is 11.0 Å². The van der Waals surface area contributed by atoms with Crippen molar-refractivity contribution in [3.63, 3.8) is 0 Å². The molecule has 146 valence electrons. The summed E-state index contributed by atoms with van der Waals surface area (Å²) in [5.74, 6) is 0.753. The highest BCUT2D eigenvalue weighted by Crippen LogP contribution is 2.29. The van der Waals surface area contributed by atoms with Crippen molar-refractivity contribution in [2.75, 3.05) is 14.1 Å². The molecule has 0 fully saturated rings. The third-order valence-corrected chi connectivity index (χ3v) is 7.86. The highest BCUT2D eigenvalue weighted by molar-refractivity contribution is 7.98. The number of unbranched alkanes of at least 4 members (excludes halogenated alkanes) is 1. The Kier molecular flexibility index (Phi) is 6.25. The summed E-state index contributed by atoms with van der Waals surface area (Å²) in [7, 11) is -0.396. The number of nitrogens with zero attached hydrogens (tertiary/aromatic N) is 4. The normalized spacial score (nSPS) is 12.3. The maximum absolute atomic E-state index is 12.4. The number of thioether (sulfide) groups is 1. The smallest absolute Gasteiger partial charge is 0.242 e. The Hall–Kier alpha value is -1.42. The van der Waals surface area contributed by atoms with Crippen LogP contribution in [-0.2, 0) is 22.3 Å². The monoisotopic (exact) mass is 424 g/mol. The van der Waals surface area contributed by atoms with Crippen molar-refractivity contribution < 1.29 is 8.42 Å². The lowest BCUT2D eigenvalue weighted by molar-refractivity contribution is 0.521. The predicted molar refractivity (Wildman–Crippen MR) is 112 cm³/mol. The highest BCUT2D eigenvalue weighted by atomic mass is 32.2. The topological polar surface area (TPSA) is 68.1 Å². The number of rotatable bonds is 8. The van der Waals surface area contributed by atoms with Gasteiger partial charge in [0.2, 0.25) is 10.0 Å². The lowest BCUT2D eigenvalue weighted by Gasteiger charge is -2.11. The van der Waals surface area contributed by atoms with Crippen molar-refractivity contribution >= 4 is 44.2 Å². The van der Waals surface area contributed by atoms with E-state index < -0.39 is 10.0 Å². The molecule has 0 N–H and O–H groups in total. The first kappa shape index (κ1) is 20.3. The fourth-order valence-corrected chi connectivity index (χ4v) is 5.29. The van der Waals surface area contributed by atoms with Crippen LogP contribution in [-0.4, -0.2) is 41.4 Å². The van der Waals surface area contributed by atoms with Crippen LogP contribution >= 0.6 is 23.1 Å². The third kappa shape index (κ3) is 4.37. The second-order valence-electron chi connectivity index (χ2n) is 6.48. The molecule has 0 unspecified atom stereocenters. The quantitative estimate of drug-likeness (QED) is 0.508. The molecule has 6 nitrogen and oxygen atoms in total. The van der Waals surface area contributed by atoms with Crippen molar-refractivity contribution in [1.82, 2.24) is 18.8 Å². The van der Waals surface area contributed by atoms with Gasteiger partial charge in [-0.15, -0.1) is 11.3 Å². The van der Waals surface area contributed by atoms with Gasteiger partial charge in [-0.2, -0.15) is 0 Å². The Morgan fingerprint density at radius 2 is 2.04 bits per heavy atom. The van der Waals surface area contributed by atoms with E-state index in [0.29, 0.717) is 5.52 Å². The van der Waals surface area contributed by atoms with E-state index in [0.717, 1.165) is 46.5 Å². The van der Waals surface area contributed by atoms with Gasteiger partial charge in [0, 0.05) is 31.8 Å². The molecule has 0 aliphatic rings. The Labute approximate surface area is 168 Å². The van der Waals surface area contributed by atoms with Gasteiger partial charge in [-0.05, 0) is 31.5 Å². The Morgan fingerprint density at radius 3 is 2.67 bits per heavy atom. The van der Waals surface area contributed by atoms with E-state index in [1.807, 2.05) is 13.0 Å². The van der Waals surface area contributed by atoms with E-state index in [-0.39, 0.29) is 4.90 Å². The van der Waals surface area contributed by atoms with Crippen LogP contribution in [0.5, 0.6) is 0 Å². The van der Waals surface area contributed by atoms with Crippen molar-refractivity contribution in [2.24, 2.45) is 0 Å². The minimum absolute atomic E-state index is 0.270. The molecular formula is C18H24N4O2S3. The Bertz CT molecular complexity index is 1040. The third-order valence-electron chi connectivity index (χ3n) is 4.21. The molecule has 3 rings (SSSR count). The molecule has 0 aliphatic heterocycles. The molecule has 27 heavy (non-hydrogen) atoms. The number of aryl methyl sites for hydroxylation is 2. The average Bonchev–Trinajstić information content (AvgIpc) is 3.20. The fraction of sp³-hybridized carbons (Fsp3) is 0.444. The molecule has 0 saturated heterocycles. The number of aromatic nitrogens is 3. The van der Waals surface area contributed by atoms with E-state index in [1.165, 1.54) is 18.4 Å². The first-order chi connectivity index (χ1) is 12.8. The largest absolute Gasteiger partial charge is 0.319 e. The van der Waals surface area contributed by atoms with Crippen LogP contribution in [0.3, 0.4) is 0 Å². The van der Waals surface area contributed by atoms with Crippen LogP contribution in [0.4, 0.5) is 0 Å². The summed E-state index contributed by atoms with van der Waals surface area (Å²) in [6, 6.07) is 5.20. The van der Waals surface area contributed by atoms with Crippen LogP contribution in [0.15, 0.2) is 33.6 Å². The van der Waals surface area contributed by atoms with Gasteiger partial charge in [0.15, 0.2) is 5.16 Å². The first-order valence-electron chi connectivity index (χ1n) is 8.79. The lowest BCUT2D eigenvalue weighted by Crippen LogP contribution is -2.22. The summed E-state index contributed by atoms with van der Waals surface area (Å²) in [4.78, 5) is 9.52. The van der Waals surface area contributed by atoms with Crippen molar-refractivity contribution in [2.45, 2.75) is 49.0 Å². The van der Waals surface area contributed by atoms with Gasteiger partial charge in [0.1, 0.15) is 0 Å². The summed E-state index contributed by atoms with van der Waals surface area (Å²) in [5, 5.41) is 4.04. The molecule has 0 spiro atoms. The van der Waals surface area contributed by atoms with Crippen LogP contribution in [0.2, 0.25) is 0 Å². The van der Waals surface area contributed by atoms with Crippen molar-refractivity contribution in [3.05, 3.63) is 34.3 Å². The Balaban J connectivity index is 1.98. The van der Waals surface area contributed by atoms with E-state index in [9.17, 15) is 8.42 Å². The minimum atomic E-state index is -3.47. The molecule has 1 aromatic carbocycles. The second kappa shape index (κ2) is 8.30. The van der Waals surface area contributed by atoms with Gasteiger partial charge >= 0.3 is 0 Å². The fourth-order valence-electron chi connectivity index (χ4n) is 2.71. The van der Waals surface area contributed by atoms with Crippen LogP contribution < -0.4 is 0 Å². The number of hydrogen-bond donors (Lipinski definition) is 0. The zero-order chi connectivity index (χ0) is 19.6. The molecule has 0 bridgehead atoms. The molecule has 2 heterocycles. The minimum Gasteiger partial charge on any atom is -0.319 e. The van der Waals surface area contributed by atoms with E-state index >= 15 is 0 Å². The summed E-state index contributed by atoms with van der Waals surface area (Å²) in [5.41, 5.74) is 2.73. The molecule has 0 amide bonds. The molecule has 0 atom stereocenters. The van der Waals surface area contributed by atoms with E-state index in [2.05, 4.69) is 21.9 Å². The number of fused-ring (bicyclic) bond motifs is 1. The maximum atomic E-state index is 12.4. The Morgan fingerprint density at radius 1 is 1.26 bits per heavy atom. The molecule has 0 saturated carbocycles. The molecule has 3 aromatic rings. The zero-order valence-electron chi connectivity index (χ0n) is 16.0. The molecular weight excluding hydrogens is 400 g/mol. The standard InChI is InChI=1S/C18H24N4O2S3/c1-5-6-9-22-17-8-7-15(27(23,24)21(3)4)10-16(17)20-18(22)26-12-14-11-25-13(2)19-14/h7-8,10-11H,5-6,9,12H2,1-4H3. The SMILES string of the molecule is CCCCn1c(SCc2csc(C)n2)nc2cc(S(=O)(=O)N(C)C)ccc21. The van der Waals surface area contributed by atoms with E-state index in [4.69, 9.17) is 4.98 Å². The number of benzene rings is 1. The highest BCUT2D eigenvalue weighted by Gasteiger charge is 2.20. The summed E-state index contributed by atoms with van der Waals surface area (Å²) >= 11 is 3.29. The predicted octanol–water partition coefficient (Wildman–Crippen LogP) is 4.14. The summed E-state index contributed by atoms with van der Waals surface area (Å²) < 4.78 is 28.3. The van der Waals surface area contributed by atoms with Gasteiger partial charge in [0.05, 0.1) is 26.6 Å². The number of hydrogen-bond acceptors (Lipinski definition) is 6. The van der Waals surface area contributed by atoms with Gasteiger partial charge in [0.25, 0.3) is 0 Å². The lowest BCUT2D eigenvalue weighted by atomic mass is 10.3. The maximum Gasteiger partial charge on any atom is 0.242 e.